The number of hydrogen-bond acceptors (Lipinski definition) is 3. The van der Waals surface area contributed by atoms with Gasteiger partial charge in [0, 0.05) is 22.3 Å². The molecule has 134 valence electrons. The number of hydrogen-bond donors (Lipinski definition) is 0. The Hall–Kier alpha value is -2.20. The van der Waals surface area contributed by atoms with Crippen molar-refractivity contribution in [1.82, 2.24) is 9.88 Å². The van der Waals surface area contributed by atoms with Crippen LogP contribution in [0.3, 0.4) is 0 Å². The number of thiophene rings is 1. The monoisotopic (exact) mass is 364 g/mol. The molecule has 1 aliphatic rings. The average Bonchev–Trinajstić information content (AvgIpc) is 3.07. The Kier molecular flexibility index (Phi) is 4.53. The van der Waals surface area contributed by atoms with Gasteiger partial charge in [-0.3, -0.25) is 4.79 Å². The van der Waals surface area contributed by atoms with Crippen LogP contribution in [0.4, 0.5) is 0 Å². The molecule has 1 aliphatic heterocycles. The highest BCUT2D eigenvalue weighted by Crippen LogP contribution is 2.32. The maximum Gasteiger partial charge on any atom is 0.255 e. The van der Waals surface area contributed by atoms with E-state index < -0.39 is 0 Å². The van der Waals surface area contributed by atoms with Gasteiger partial charge in [-0.25, -0.2) is 4.98 Å². The zero-order valence-electron chi connectivity index (χ0n) is 15.5. The molecule has 0 spiro atoms. The number of carbonyl (C=O) groups excluding carboxylic acids is 1. The molecule has 3 nitrogen and oxygen atoms in total. The maximum absolute atomic E-state index is 13.5. The predicted octanol–water partition coefficient (Wildman–Crippen LogP) is 5.67. The third-order valence-corrected chi connectivity index (χ3v) is 6.39. The van der Waals surface area contributed by atoms with Crippen molar-refractivity contribution >= 4 is 28.1 Å². The van der Waals surface area contributed by atoms with Crippen LogP contribution in [-0.4, -0.2) is 27.9 Å². The van der Waals surface area contributed by atoms with Crippen molar-refractivity contribution in [3.05, 3.63) is 52.9 Å². The van der Waals surface area contributed by atoms with Crippen LogP contribution in [0, 0.1) is 6.92 Å². The van der Waals surface area contributed by atoms with E-state index >= 15 is 0 Å². The summed E-state index contributed by atoms with van der Waals surface area (Å²) < 4.78 is 0. The number of amides is 1. The lowest BCUT2D eigenvalue weighted by molar-refractivity contribution is 0.0513. The zero-order chi connectivity index (χ0) is 18.3. The highest BCUT2D eigenvalue weighted by Gasteiger charge is 2.30. The number of piperidine rings is 1. The van der Waals surface area contributed by atoms with Gasteiger partial charge in [-0.05, 0) is 64.3 Å². The van der Waals surface area contributed by atoms with Gasteiger partial charge >= 0.3 is 0 Å². The van der Waals surface area contributed by atoms with Gasteiger partial charge in [0.05, 0.1) is 21.7 Å². The molecule has 1 saturated heterocycles. The number of pyridine rings is 1. The smallest absolute Gasteiger partial charge is 0.255 e. The van der Waals surface area contributed by atoms with Crippen LogP contribution >= 0.6 is 11.3 Å². The van der Waals surface area contributed by atoms with Crippen LogP contribution in [0.15, 0.2) is 42.5 Å². The molecule has 0 aliphatic carbocycles. The van der Waals surface area contributed by atoms with Gasteiger partial charge in [0.15, 0.2) is 0 Å². The van der Waals surface area contributed by atoms with Gasteiger partial charge in [-0.15, -0.1) is 11.3 Å². The summed E-state index contributed by atoms with van der Waals surface area (Å²) in [5.41, 5.74) is 2.55. The van der Waals surface area contributed by atoms with E-state index in [4.69, 9.17) is 4.98 Å². The third-order valence-electron chi connectivity index (χ3n) is 5.37. The first-order chi connectivity index (χ1) is 12.5. The molecule has 1 aromatic carbocycles. The fourth-order valence-electron chi connectivity index (χ4n) is 4.01. The molecule has 0 bridgehead atoms. The average molecular weight is 365 g/mol. The second kappa shape index (κ2) is 6.84. The standard InChI is InChI=1S/C22H24N2OS/c1-14-7-6-8-15(2)24(14)22(25)18-13-20(21-12-11-16(3)26-21)23-19-10-5-4-9-17(18)19/h4-5,9-15H,6-8H2,1-3H3. The van der Waals surface area contributed by atoms with Gasteiger partial charge in [0.25, 0.3) is 5.91 Å². The molecule has 2 unspecified atom stereocenters. The lowest BCUT2D eigenvalue weighted by atomic mass is 9.95. The number of benzene rings is 1. The van der Waals surface area contributed by atoms with Crippen LogP contribution in [-0.2, 0) is 0 Å². The van der Waals surface area contributed by atoms with Crippen molar-refractivity contribution in [3.8, 4) is 10.6 Å². The minimum absolute atomic E-state index is 0.137. The van der Waals surface area contributed by atoms with E-state index in [9.17, 15) is 4.79 Å². The first-order valence-corrected chi connectivity index (χ1v) is 10.2. The fraction of sp³-hybridized carbons (Fsp3) is 0.364. The van der Waals surface area contributed by atoms with Crippen molar-refractivity contribution in [1.29, 1.82) is 0 Å². The summed E-state index contributed by atoms with van der Waals surface area (Å²) in [7, 11) is 0. The summed E-state index contributed by atoms with van der Waals surface area (Å²) in [6.07, 6.45) is 3.36. The molecule has 0 radical (unpaired) electrons. The molecule has 1 amide bonds. The molecular formula is C22H24N2OS. The molecule has 4 heteroatoms. The van der Waals surface area contributed by atoms with Gasteiger partial charge in [0.2, 0.25) is 0 Å². The molecule has 3 aromatic rings. The number of nitrogens with zero attached hydrogens (tertiary/aromatic N) is 2. The SMILES string of the molecule is Cc1ccc(-c2cc(C(=O)N3C(C)CCCC3C)c3ccccc3n2)s1. The molecule has 26 heavy (non-hydrogen) atoms. The minimum atomic E-state index is 0.137. The molecule has 0 saturated carbocycles. The van der Waals surface area contributed by atoms with E-state index in [-0.39, 0.29) is 18.0 Å². The van der Waals surface area contributed by atoms with Crippen LogP contribution in [0.25, 0.3) is 21.5 Å². The lowest BCUT2D eigenvalue weighted by Crippen LogP contribution is -2.47. The van der Waals surface area contributed by atoms with Crippen molar-refractivity contribution in [2.45, 2.75) is 52.1 Å². The van der Waals surface area contributed by atoms with E-state index in [0.717, 1.165) is 39.9 Å². The van der Waals surface area contributed by atoms with Gasteiger partial charge in [-0.2, -0.15) is 0 Å². The summed E-state index contributed by atoms with van der Waals surface area (Å²) in [5, 5.41) is 0.944. The number of para-hydroxylation sites is 1. The van der Waals surface area contributed by atoms with Crippen molar-refractivity contribution < 1.29 is 4.79 Å². The minimum Gasteiger partial charge on any atom is -0.333 e. The van der Waals surface area contributed by atoms with Crippen molar-refractivity contribution in [2.75, 3.05) is 0 Å². The first-order valence-electron chi connectivity index (χ1n) is 9.34. The maximum atomic E-state index is 13.5. The third kappa shape index (κ3) is 3.03. The summed E-state index contributed by atoms with van der Waals surface area (Å²) >= 11 is 1.72. The molecule has 4 rings (SSSR count). The number of rotatable bonds is 2. The van der Waals surface area contributed by atoms with E-state index in [1.807, 2.05) is 30.3 Å². The molecule has 3 heterocycles. The Bertz CT molecular complexity index is 952. The molecule has 2 atom stereocenters. The second-order valence-corrected chi connectivity index (χ2v) is 8.61. The van der Waals surface area contributed by atoms with Crippen molar-refractivity contribution in [2.24, 2.45) is 0 Å². The normalized spacial score (nSPS) is 20.5. The van der Waals surface area contributed by atoms with E-state index in [0.29, 0.717) is 0 Å². The van der Waals surface area contributed by atoms with Gasteiger partial charge in [0.1, 0.15) is 0 Å². The van der Waals surface area contributed by atoms with Gasteiger partial charge in [-0.1, -0.05) is 18.2 Å². The lowest BCUT2D eigenvalue weighted by Gasteiger charge is -2.39. The highest BCUT2D eigenvalue weighted by atomic mass is 32.1. The number of aromatic nitrogens is 1. The topological polar surface area (TPSA) is 33.2 Å². The van der Waals surface area contributed by atoms with Crippen LogP contribution < -0.4 is 0 Å². The van der Waals surface area contributed by atoms with Crippen molar-refractivity contribution in [3.63, 3.8) is 0 Å². The van der Waals surface area contributed by atoms with Crippen LogP contribution in [0.1, 0.15) is 48.3 Å². The van der Waals surface area contributed by atoms with Gasteiger partial charge < -0.3 is 4.90 Å². The number of likely N-dealkylation sites (tertiary alicyclic amines) is 1. The molecule has 0 N–H and O–H groups in total. The number of carbonyl (C=O) groups is 1. The zero-order valence-corrected chi connectivity index (χ0v) is 16.3. The predicted molar refractivity (Wildman–Crippen MR) is 109 cm³/mol. The largest absolute Gasteiger partial charge is 0.333 e. The van der Waals surface area contributed by atoms with Crippen LogP contribution in [0.2, 0.25) is 0 Å². The molecular weight excluding hydrogens is 340 g/mol. The fourth-order valence-corrected chi connectivity index (χ4v) is 4.84. The summed E-state index contributed by atoms with van der Waals surface area (Å²) in [6.45, 7) is 6.43. The Morgan fingerprint density at radius 1 is 1.12 bits per heavy atom. The highest BCUT2D eigenvalue weighted by molar-refractivity contribution is 7.15. The number of fused-ring (bicyclic) bond motifs is 1. The summed E-state index contributed by atoms with van der Waals surface area (Å²) in [4.78, 5) is 22.8. The number of aryl methyl sites for hydroxylation is 1. The quantitative estimate of drug-likeness (QED) is 0.586. The summed E-state index contributed by atoms with van der Waals surface area (Å²) in [6, 6.07) is 14.7. The van der Waals surface area contributed by atoms with E-state index in [2.05, 4.69) is 37.8 Å². The molecule has 1 fully saturated rings. The first kappa shape index (κ1) is 17.2. The van der Waals surface area contributed by atoms with Crippen LogP contribution in [0.5, 0.6) is 0 Å². The molecule has 2 aromatic heterocycles. The van der Waals surface area contributed by atoms with E-state index in [1.165, 1.54) is 11.3 Å². The Balaban J connectivity index is 1.86. The Morgan fingerprint density at radius 2 is 1.85 bits per heavy atom. The van der Waals surface area contributed by atoms with E-state index in [1.54, 1.807) is 11.3 Å². The Labute approximate surface area is 158 Å². The Morgan fingerprint density at radius 3 is 2.54 bits per heavy atom. The summed E-state index contributed by atoms with van der Waals surface area (Å²) in [5.74, 6) is 0.137. The second-order valence-electron chi connectivity index (χ2n) is 7.32.